The average molecular weight is 456 g/mol. The highest BCUT2D eigenvalue weighted by Gasteiger charge is 2.15. The first-order chi connectivity index (χ1) is 14.4. The summed E-state index contributed by atoms with van der Waals surface area (Å²) in [5.74, 6) is 1.40. The maximum Gasteiger partial charge on any atom is 0.238 e. The first-order valence-corrected chi connectivity index (χ1v) is 12.0. The quantitative estimate of drug-likeness (QED) is 0.384. The van der Waals surface area contributed by atoms with E-state index >= 15 is 0 Å². The zero-order chi connectivity index (χ0) is 21.1. The summed E-state index contributed by atoms with van der Waals surface area (Å²) in [6, 6.07) is 24.0. The van der Waals surface area contributed by atoms with E-state index in [2.05, 4.69) is 17.1 Å². The van der Waals surface area contributed by atoms with Gasteiger partial charge in [-0.25, -0.2) is 18.5 Å². The van der Waals surface area contributed by atoms with Crippen LogP contribution in [0.2, 0.25) is 5.02 Å². The summed E-state index contributed by atoms with van der Waals surface area (Å²) in [5, 5.41) is 5.87. The highest BCUT2D eigenvalue weighted by molar-refractivity contribution is 7.98. The topological polar surface area (TPSA) is 88.8 Å². The smallest absolute Gasteiger partial charge is 0.238 e. The van der Waals surface area contributed by atoms with Crippen LogP contribution in [0.1, 0.15) is 5.69 Å². The van der Waals surface area contributed by atoms with Gasteiger partial charge in [0.05, 0.1) is 16.3 Å². The molecule has 0 atom stereocenters. The molecule has 0 aliphatic rings. The fourth-order valence-electron chi connectivity index (χ4n) is 2.97. The van der Waals surface area contributed by atoms with Crippen LogP contribution in [0.4, 0.5) is 0 Å². The molecule has 0 amide bonds. The third-order valence-corrected chi connectivity index (χ3v) is 6.70. The van der Waals surface area contributed by atoms with Crippen LogP contribution in [0, 0.1) is 0 Å². The van der Waals surface area contributed by atoms with E-state index in [1.165, 1.54) is 12.1 Å². The van der Waals surface area contributed by atoms with Gasteiger partial charge in [0.1, 0.15) is 5.82 Å². The second-order valence-corrected chi connectivity index (χ2v) is 9.64. The number of nitrogens with zero attached hydrogens (tertiary/aromatic N) is 1. The second-order valence-electron chi connectivity index (χ2n) is 6.59. The monoisotopic (exact) mass is 455 g/mol. The van der Waals surface area contributed by atoms with E-state index < -0.39 is 10.0 Å². The van der Waals surface area contributed by atoms with Crippen molar-refractivity contribution in [3.05, 3.63) is 89.6 Å². The van der Waals surface area contributed by atoms with Crippen molar-refractivity contribution >= 4 is 33.4 Å². The molecular formula is C22H18ClN3O2S2. The molecule has 0 radical (unpaired) electrons. The number of primary sulfonamides is 1. The number of thioether (sulfide) groups is 1. The summed E-state index contributed by atoms with van der Waals surface area (Å²) in [7, 11) is -3.74. The molecule has 1 aromatic heterocycles. The molecule has 0 saturated heterocycles. The van der Waals surface area contributed by atoms with Crippen LogP contribution >= 0.6 is 23.4 Å². The molecule has 0 unspecified atom stereocenters. The van der Waals surface area contributed by atoms with Crippen molar-refractivity contribution < 1.29 is 8.42 Å². The third-order valence-electron chi connectivity index (χ3n) is 4.48. The van der Waals surface area contributed by atoms with Gasteiger partial charge in [0.25, 0.3) is 0 Å². The summed E-state index contributed by atoms with van der Waals surface area (Å²) >= 11 is 7.70. The number of hydrogen-bond donors (Lipinski definition) is 2. The van der Waals surface area contributed by atoms with E-state index in [0.717, 1.165) is 33.2 Å². The first kappa shape index (κ1) is 20.7. The van der Waals surface area contributed by atoms with Crippen molar-refractivity contribution in [3.8, 4) is 22.6 Å². The molecule has 0 saturated carbocycles. The summed E-state index contributed by atoms with van der Waals surface area (Å²) in [5.41, 5.74) is 3.43. The Balaban J connectivity index is 1.72. The van der Waals surface area contributed by atoms with Crippen molar-refractivity contribution in [1.82, 2.24) is 9.97 Å². The van der Waals surface area contributed by atoms with Crippen LogP contribution in [-0.4, -0.2) is 18.4 Å². The highest BCUT2D eigenvalue weighted by atomic mass is 35.5. The van der Waals surface area contributed by atoms with Gasteiger partial charge in [-0.15, -0.1) is 11.8 Å². The molecule has 8 heteroatoms. The van der Waals surface area contributed by atoms with E-state index in [4.69, 9.17) is 21.7 Å². The predicted molar refractivity (Wildman–Crippen MR) is 122 cm³/mol. The SMILES string of the molecule is NS(=O)(=O)c1ccc(-c2nc(-c3ccc(Cl)cc3)[nH]c2CSc2ccccc2)cc1. The van der Waals surface area contributed by atoms with Gasteiger partial charge in [-0.1, -0.05) is 41.9 Å². The lowest BCUT2D eigenvalue weighted by atomic mass is 10.1. The van der Waals surface area contributed by atoms with E-state index in [1.807, 2.05) is 42.5 Å². The number of benzene rings is 3. The van der Waals surface area contributed by atoms with Crippen LogP contribution in [0.5, 0.6) is 0 Å². The lowest BCUT2D eigenvalue weighted by Gasteiger charge is -2.04. The normalized spacial score (nSPS) is 11.5. The Hall–Kier alpha value is -2.58. The van der Waals surface area contributed by atoms with Gasteiger partial charge >= 0.3 is 0 Å². The van der Waals surface area contributed by atoms with Crippen molar-refractivity contribution in [3.63, 3.8) is 0 Å². The summed E-state index contributed by atoms with van der Waals surface area (Å²) in [4.78, 5) is 9.42. The van der Waals surface area contributed by atoms with Gasteiger partial charge in [0, 0.05) is 26.8 Å². The molecule has 3 aromatic carbocycles. The molecule has 1 heterocycles. The van der Waals surface area contributed by atoms with Gasteiger partial charge in [-0.2, -0.15) is 0 Å². The fraction of sp³-hybridized carbons (Fsp3) is 0.0455. The van der Waals surface area contributed by atoms with Gasteiger partial charge < -0.3 is 4.98 Å². The summed E-state index contributed by atoms with van der Waals surface area (Å²) < 4.78 is 23.1. The Labute approximate surface area is 184 Å². The van der Waals surface area contributed by atoms with E-state index in [-0.39, 0.29) is 4.90 Å². The van der Waals surface area contributed by atoms with Gasteiger partial charge in [0.2, 0.25) is 10.0 Å². The maximum absolute atomic E-state index is 11.6. The molecule has 5 nitrogen and oxygen atoms in total. The van der Waals surface area contributed by atoms with E-state index in [0.29, 0.717) is 10.8 Å². The van der Waals surface area contributed by atoms with Crippen molar-refractivity contribution in [1.29, 1.82) is 0 Å². The Kier molecular flexibility index (Phi) is 5.97. The minimum Gasteiger partial charge on any atom is -0.341 e. The largest absolute Gasteiger partial charge is 0.341 e. The first-order valence-electron chi connectivity index (χ1n) is 9.06. The number of hydrogen-bond acceptors (Lipinski definition) is 4. The Morgan fingerprint density at radius 3 is 2.17 bits per heavy atom. The molecule has 0 spiro atoms. The second kappa shape index (κ2) is 8.65. The maximum atomic E-state index is 11.6. The van der Waals surface area contributed by atoms with Gasteiger partial charge in [-0.3, -0.25) is 0 Å². The predicted octanol–water partition coefficient (Wildman–Crippen LogP) is 5.34. The number of H-pyrrole nitrogens is 1. The number of aromatic nitrogens is 2. The van der Waals surface area contributed by atoms with Crippen LogP contribution < -0.4 is 5.14 Å². The van der Waals surface area contributed by atoms with Crippen molar-refractivity contribution in [2.75, 3.05) is 0 Å². The zero-order valence-corrected chi connectivity index (χ0v) is 18.1. The van der Waals surface area contributed by atoms with Crippen LogP contribution in [-0.2, 0) is 15.8 Å². The summed E-state index contributed by atoms with van der Waals surface area (Å²) in [6.45, 7) is 0. The van der Waals surface area contributed by atoms with Crippen LogP contribution in [0.15, 0.2) is 88.7 Å². The van der Waals surface area contributed by atoms with Crippen molar-refractivity contribution in [2.24, 2.45) is 5.14 Å². The Morgan fingerprint density at radius 1 is 0.900 bits per heavy atom. The zero-order valence-electron chi connectivity index (χ0n) is 15.7. The number of sulfonamides is 1. The molecule has 3 N–H and O–H groups in total. The molecule has 4 rings (SSSR count). The molecule has 30 heavy (non-hydrogen) atoms. The highest BCUT2D eigenvalue weighted by Crippen LogP contribution is 2.31. The molecular weight excluding hydrogens is 438 g/mol. The molecule has 4 aromatic rings. The van der Waals surface area contributed by atoms with Crippen LogP contribution in [0.3, 0.4) is 0 Å². The van der Waals surface area contributed by atoms with Gasteiger partial charge in [-0.05, 0) is 48.5 Å². The number of nitrogens with one attached hydrogen (secondary N) is 1. The van der Waals surface area contributed by atoms with Gasteiger partial charge in [0.15, 0.2) is 0 Å². The number of aromatic amines is 1. The van der Waals surface area contributed by atoms with Crippen molar-refractivity contribution in [2.45, 2.75) is 15.5 Å². The summed E-state index contributed by atoms with van der Waals surface area (Å²) in [6.07, 6.45) is 0. The molecule has 152 valence electrons. The minimum absolute atomic E-state index is 0.0694. The minimum atomic E-state index is -3.74. The lowest BCUT2D eigenvalue weighted by molar-refractivity contribution is 0.598. The van der Waals surface area contributed by atoms with E-state index in [9.17, 15) is 8.42 Å². The molecule has 0 fully saturated rings. The average Bonchev–Trinajstić information content (AvgIpc) is 3.17. The molecule has 0 aliphatic carbocycles. The lowest BCUT2D eigenvalue weighted by Crippen LogP contribution is -2.11. The Morgan fingerprint density at radius 2 is 1.53 bits per heavy atom. The third kappa shape index (κ3) is 4.76. The molecule has 0 aliphatic heterocycles. The number of rotatable bonds is 6. The molecule has 0 bridgehead atoms. The standard InChI is InChI=1S/C22H18ClN3O2S2/c23-17-10-6-16(7-11-17)22-25-20(14-29-18-4-2-1-3-5-18)21(26-22)15-8-12-19(13-9-15)30(24,27)28/h1-13H,14H2,(H,25,26)(H2,24,27,28). The van der Waals surface area contributed by atoms with Crippen LogP contribution in [0.25, 0.3) is 22.6 Å². The van der Waals surface area contributed by atoms with E-state index in [1.54, 1.807) is 23.9 Å². The number of nitrogens with two attached hydrogens (primary N) is 1. The Bertz CT molecular complexity index is 1250. The number of imidazole rings is 1. The fourth-order valence-corrected chi connectivity index (χ4v) is 4.48. The number of halogens is 1.